The number of aryl methyl sites for hydroxylation is 1. The van der Waals surface area contributed by atoms with Gasteiger partial charge < -0.3 is 10.5 Å². The van der Waals surface area contributed by atoms with Gasteiger partial charge in [0.2, 0.25) is 0 Å². The first kappa shape index (κ1) is 15.4. The quantitative estimate of drug-likeness (QED) is 0.878. The Kier molecular flexibility index (Phi) is 5.21. The highest BCUT2D eigenvalue weighted by molar-refractivity contribution is 6.31. The van der Waals surface area contributed by atoms with E-state index in [1.807, 2.05) is 25.1 Å². The molecule has 0 bridgehead atoms. The van der Waals surface area contributed by atoms with Gasteiger partial charge in [-0.3, -0.25) is 0 Å². The number of hydrogen-bond donors (Lipinski definition) is 1. The molecule has 0 aliphatic rings. The van der Waals surface area contributed by atoms with Gasteiger partial charge >= 0.3 is 0 Å². The average Bonchev–Trinajstić information content (AvgIpc) is 2.43. The Labute approximate surface area is 128 Å². The monoisotopic (exact) mass is 303 g/mol. The van der Waals surface area contributed by atoms with Gasteiger partial charge in [0.05, 0.1) is 6.54 Å². The summed E-state index contributed by atoms with van der Waals surface area (Å²) in [6, 6.07) is 10.0. The van der Waals surface area contributed by atoms with Gasteiger partial charge in [0, 0.05) is 22.2 Å². The van der Waals surface area contributed by atoms with E-state index in [4.69, 9.17) is 22.1 Å². The second kappa shape index (κ2) is 7.12. The zero-order valence-electron chi connectivity index (χ0n) is 11.6. The maximum absolute atomic E-state index is 13.5. The summed E-state index contributed by atoms with van der Waals surface area (Å²) in [5.41, 5.74) is 7.76. The van der Waals surface area contributed by atoms with Crippen LogP contribution >= 0.6 is 11.6 Å². The molecule has 0 unspecified atom stereocenters. The molecule has 0 radical (unpaired) electrons. The van der Waals surface area contributed by atoms with E-state index in [0.717, 1.165) is 11.1 Å². The molecule has 0 saturated heterocycles. The summed E-state index contributed by atoms with van der Waals surface area (Å²) in [5.74, 6) is 5.47. The molecule has 0 fully saturated rings. The van der Waals surface area contributed by atoms with Crippen LogP contribution < -0.4 is 10.5 Å². The van der Waals surface area contributed by atoms with Crippen molar-refractivity contribution in [1.29, 1.82) is 0 Å². The van der Waals surface area contributed by atoms with Crippen LogP contribution in [0.1, 0.15) is 16.7 Å². The largest absolute Gasteiger partial charge is 0.489 e. The zero-order valence-corrected chi connectivity index (χ0v) is 12.4. The second-order valence-electron chi connectivity index (χ2n) is 4.57. The molecular formula is C17H15ClFNO. The number of hydrogen-bond acceptors (Lipinski definition) is 2. The van der Waals surface area contributed by atoms with Crippen molar-refractivity contribution >= 4 is 11.6 Å². The van der Waals surface area contributed by atoms with Crippen molar-refractivity contribution in [1.82, 2.24) is 0 Å². The summed E-state index contributed by atoms with van der Waals surface area (Å²) in [6.07, 6.45) is 0. The zero-order chi connectivity index (χ0) is 15.2. The number of ether oxygens (including phenoxy) is 1. The van der Waals surface area contributed by atoms with Crippen molar-refractivity contribution in [2.24, 2.45) is 5.73 Å². The minimum atomic E-state index is -0.399. The Balaban J connectivity index is 2.14. The normalized spacial score (nSPS) is 9.90. The van der Waals surface area contributed by atoms with Crippen LogP contribution in [-0.2, 0) is 6.61 Å². The SMILES string of the molecule is Cc1ccc(COc2cc(F)cc(C#CCN)c2)c(Cl)c1. The van der Waals surface area contributed by atoms with Crippen LogP contribution in [0.4, 0.5) is 4.39 Å². The summed E-state index contributed by atoms with van der Waals surface area (Å²) in [4.78, 5) is 0. The number of halogens is 2. The minimum absolute atomic E-state index is 0.228. The van der Waals surface area contributed by atoms with Crippen molar-refractivity contribution < 1.29 is 9.13 Å². The first-order valence-electron chi connectivity index (χ1n) is 6.46. The first-order chi connectivity index (χ1) is 10.1. The molecule has 2 rings (SSSR count). The first-order valence-corrected chi connectivity index (χ1v) is 6.83. The van der Waals surface area contributed by atoms with E-state index >= 15 is 0 Å². The minimum Gasteiger partial charge on any atom is -0.489 e. The lowest BCUT2D eigenvalue weighted by Crippen LogP contribution is -1.98. The van der Waals surface area contributed by atoms with E-state index in [1.54, 1.807) is 6.07 Å². The van der Waals surface area contributed by atoms with Crippen molar-refractivity contribution in [3.05, 3.63) is 63.9 Å². The van der Waals surface area contributed by atoms with Crippen LogP contribution in [0.15, 0.2) is 36.4 Å². The molecule has 0 heterocycles. The van der Waals surface area contributed by atoms with Gasteiger partial charge in [-0.15, -0.1) is 0 Å². The predicted molar refractivity (Wildman–Crippen MR) is 82.9 cm³/mol. The van der Waals surface area contributed by atoms with Crippen LogP contribution in [0.2, 0.25) is 5.02 Å². The highest BCUT2D eigenvalue weighted by Crippen LogP contribution is 2.21. The lowest BCUT2D eigenvalue weighted by molar-refractivity contribution is 0.304. The lowest BCUT2D eigenvalue weighted by atomic mass is 10.1. The molecule has 2 nitrogen and oxygen atoms in total. The van der Waals surface area contributed by atoms with Crippen molar-refractivity contribution in [2.75, 3.05) is 6.54 Å². The van der Waals surface area contributed by atoms with Gasteiger partial charge in [-0.05, 0) is 30.7 Å². The summed E-state index contributed by atoms with van der Waals surface area (Å²) in [6.45, 7) is 2.46. The molecule has 0 aromatic heterocycles. The smallest absolute Gasteiger partial charge is 0.128 e. The number of benzene rings is 2. The summed E-state index contributed by atoms with van der Waals surface area (Å²) in [7, 11) is 0. The third kappa shape index (κ3) is 4.49. The fourth-order valence-electron chi connectivity index (χ4n) is 1.80. The van der Waals surface area contributed by atoms with Crippen LogP contribution in [0.3, 0.4) is 0 Å². The van der Waals surface area contributed by atoms with Crippen LogP contribution in [0.25, 0.3) is 0 Å². The Morgan fingerprint density at radius 3 is 2.76 bits per heavy atom. The molecule has 21 heavy (non-hydrogen) atoms. The van der Waals surface area contributed by atoms with Gasteiger partial charge in [0.15, 0.2) is 0 Å². The van der Waals surface area contributed by atoms with Crippen LogP contribution in [0.5, 0.6) is 5.75 Å². The Morgan fingerprint density at radius 2 is 2.05 bits per heavy atom. The van der Waals surface area contributed by atoms with E-state index in [-0.39, 0.29) is 13.2 Å². The topological polar surface area (TPSA) is 35.2 Å². The Hall–Kier alpha value is -2.02. The van der Waals surface area contributed by atoms with Crippen molar-refractivity contribution in [3.63, 3.8) is 0 Å². The molecule has 0 aliphatic heterocycles. The molecule has 4 heteroatoms. The van der Waals surface area contributed by atoms with E-state index in [9.17, 15) is 4.39 Å². The third-order valence-electron chi connectivity index (χ3n) is 2.81. The molecule has 0 amide bonds. The molecular weight excluding hydrogens is 289 g/mol. The number of nitrogens with two attached hydrogens (primary N) is 1. The van der Waals surface area contributed by atoms with Gasteiger partial charge in [0.1, 0.15) is 18.2 Å². The van der Waals surface area contributed by atoms with Crippen LogP contribution in [0, 0.1) is 24.6 Å². The molecule has 0 atom stereocenters. The summed E-state index contributed by atoms with van der Waals surface area (Å²) >= 11 is 6.14. The van der Waals surface area contributed by atoms with Gasteiger partial charge in [-0.1, -0.05) is 35.6 Å². The fraction of sp³-hybridized carbons (Fsp3) is 0.176. The summed E-state index contributed by atoms with van der Waals surface area (Å²) in [5, 5.41) is 0.634. The van der Waals surface area contributed by atoms with E-state index in [2.05, 4.69) is 11.8 Å². The molecule has 0 aliphatic carbocycles. The molecule has 0 spiro atoms. The van der Waals surface area contributed by atoms with Gasteiger partial charge in [-0.2, -0.15) is 0 Å². The molecule has 108 valence electrons. The highest BCUT2D eigenvalue weighted by Gasteiger charge is 2.04. The third-order valence-corrected chi connectivity index (χ3v) is 3.16. The standard InChI is InChI=1S/C17H15ClFNO/c1-12-4-5-14(17(18)7-12)11-21-16-9-13(3-2-6-20)8-15(19)10-16/h4-5,7-10H,6,11,20H2,1H3. The maximum atomic E-state index is 13.5. The van der Waals surface area contributed by atoms with E-state index in [0.29, 0.717) is 16.3 Å². The maximum Gasteiger partial charge on any atom is 0.128 e. The number of rotatable bonds is 3. The fourth-order valence-corrected chi connectivity index (χ4v) is 2.09. The molecule has 2 aromatic rings. The van der Waals surface area contributed by atoms with Gasteiger partial charge in [-0.25, -0.2) is 4.39 Å². The van der Waals surface area contributed by atoms with Gasteiger partial charge in [0.25, 0.3) is 0 Å². The Morgan fingerprint density at radius 1 is 1.24 bits per heavy atom. The van der Waals surface area contributed by atoms with Crippen molar-refractivity contribution in [3.8, 4) is 17.6 Å². The van der Waals surface area contributed by atoms with E-state index in [1.165, 1.54) is 12.1 Å². The molecule has 2 N–H and O–H groups in total. The molecule has 0 saturated carbocycles. The lowest BCUT2D eigenvalue weighted by Gasteiger charge is -2.09. The van der Waals surface area contributed by atoms with E-state index < -0.39 is 5.82 Å². The molecule has 2 aromatic carbocycles. The second-order valence-corrected chi connectivity index (χ2v) is 4.97. The summed E-state index contributed by atoms with van der Waals surface area (Å²) < 4.78 is 19.1. The average molecular weight is 304 g/mol. The highest BCUT2D eigenvalue weighted by atomic mass is 35.5. The predicted octanol–water partition coefficient (Wildman–Crippen LogP) is 3.68. The Bertz CT molecular complexity index is 704. The van der Waals surface area contributed by atoms with Crippen LogP contribution in [-0.4, -0.2) is 6.54 Å². The van der Waals surface area contributed by atoms with Crippen molar-refractivity contribution in [2.45, 2.75) is 13.5 Å².